The number of likely N-dealkylation sites (tertiary alicyclic amines) is 1. The van der Waals surface area contributed by atoms with Crippen molar-refractivity contribution in [3.63, 3.8) is 0 Å². The van der Waals surface area contributed by atoms with Crippen molar-refractivity contribution in [2.75, 3.05) is 0 Å². The summed E-state index contributed by atoms with van der Waals surface area (Å²) in [4.78, 5) is 27.6. The third-order valence-electron chi connectivity index (χ3n) is 5.72. The van der Waals surface area contributed by atoms with E-state index in [4.69, 9.17) is 9.15 Å². The van der Waals surface area contributed by atoms with Crippen molar-refractivity contribution in [3.8, 4) is 11.5 Å². The van der Waals surface area contributed by atoms with Crippen molar-refractivity contribution in [1.82, 2.24) is 4.90 Å². The zero-order chi connectivity index (χ0) is 24.4. The first kappa shape index (κ1) is 22.2. The Morgan fingerprint density at radius 3 is 2.37 bits per heavy atom. The van der Waals surface area contributed by atoms with E-state index in [1.165, 1.54) is 35.4 Å². The van der Waals surface area contributed by atoms with Crippen LogP contribution in [0.15, 0.2) is 107 Å². The van der Waals surface area contributed by atoms with Gasteiger partial charge in [-0.25, -0.2) is 4.39 Å². The molecule has 0 aliphatic carbocycles. The van der Waals surface area contributed by atoms with Crippen molar-refractivity contribution >= 4 is 17.4 Å². The fraction of sp³-hybridized carbons (Fsp3) is 0.0714. The van der Waals surface area contributed by atoms with E-state index in [0.717, 1.165) is 0 Å². The fourth-order valence-electron chi connectivity index (χ4n) is 4.10. The smallest absolute Gasteiger partial charge is 0.296 e. The topological polar surface area (TPSA) is 80.0 Å². The highest BCUT2D eigenvalue weighted by molar-refractivity contribution is 6.46. The molecule has 1 amide bonds. The zero-order valence-corrected chi connectivity index (χ0v) is 18.4. The van der Waals surface area contributed by atoms with E-state index in [-0.39, 0.29) is 23.4 Å². The molecule has 3 aromatic carbocycles. The van der Waals surface area contributed by atoms with Gasteiger partial charge in [0.2, 0.25) is 0 Å². The Morgan fingerprint density at radius 2 is 1.66 bits per heavy atom. The summed E-state index contributed by atoms with van der Waals surface area (Å²) in [6, 6.07) is 23.7. The van der Waals surface area contributed by atoms with Gasteiger partial charge in [-0.05, 0) is 66.2 Å². The summed E-state index contributed by atoms with van der Waals surface area (Å²) < 4.78 is 24.8. The summed E-state index contributed by atoms with van der Waals surface area (Å²) in [7, 11) is 0. The number of halogens is 1. The Labute approximate surface area is 200 Å². The summed E-state index contributed by atoms with van der Waals surface area (Å²) in [6.45, 7) is 0.0200. The molecule has 1 saturated heterocycles. The number of para-hydroxylation sites is 1. The number of aliphatic hydroxyl groups excluding tert-OH is 1. The number of nitrogens with zero attached hydrogens (tertiary/aromatic N) is 1. The molecule has 0 saturated carbocycles. The van der Waals surface area contributed by atoms with Gasteiger partial charge in [-0.3, -0.25) is 9.59 Å². The second-order valence-corrected chi connectivity index (χ2v) is 8.00. The van der Waals surface area contributed by atoms with E-state index in [9.17, 15) is 19.1 Å². The highest BCUT2D eigenvalue weighted by atomic mass is 19.1. The van der Waals surface area contributed by atoms with Gasteiger partial charge in [0, 0.05) is 5.56 Å². The molecule has 7 heteroatoms. The summed E-state index contributed by atoms with van der Waals surface area (Å²) >= 11 is 0. The van der Waals surface area contributed by atoms with Crippen LogP contribution in [0.4, 0.5) is 4.39 Å². The molecule has 0 bridgehead atoms. The number of furan rings is 1. The highest BCUT2D eigenvalue weighted by Crippen LogP contribution is 2.41. The lowest BCUT2D eigenvalue weighted by Gasteiger charge is -2.25. The molecule has 35 heavy (non-hydrogen) atoms. The molecule has 1 aliphatic heterocycles. The van der Waals surface area contributed by atoms with E-state index >= 15 is 0 Å². The minimum absolute atomic E-state index is 0.0200. The Kier molecular flexibility index (Phi) is 5.89. The molecule has 1 aliphatic rings. The van der Waals surface area contributed by atoms with Gasteiger partial charge in [0.15, 0.2) is 0 Å². The van der Waals surface area contributed by atoms with Gasteiger partial charge in [0.1, 0.15) is 28.8 Å². The maximum atomic E-state index is 13.5. The van der Waals surface area contributed by atoms with Crippen LogP contribution in [0.1, 0.15) is 22.9 Å². The maximum Gasteiger partial charge on any atom is 0.296 e. The predicted molar refractivity (Wildman–Crippen MR) is 126 cm³/mol. The van der Waals surface area contributed by atoms with Gasteiger partial charge in [0.05, 0.1) is 24.4 Å². The number of benzene rings is 3. The third kappa shape index (κ3) is 4.44. The Bertz CT molecular complexity index is 1400. The number of ketones is 1. The van der Waals surface area contributed by atoms with Crippen LogP contribution >= 0.6 is 0 Å². The third-order valence-corrected chi connectivity index (χ3v) is 5.72. The van der Waals surface area contributed by atoms with Crippen LogP contribution in [0.5, 0.6) is 11.5 Å². The van der Waals surface area contributed by atoms with E-state index in [2.05, 4.69) is 0 Å². The highest BCUT2D eigenvalue weighted by Gasteiger charge is 2.46. The van der Waals surface area contributed by atoms with Crippen LogP contribution in [-0.2, 0) is 16.1 Å². The molecule has 5 rings (SSSR count). The quantitative estimate of drug-likeness (QED) is 0.218. The van der Waals surface area contributed by atoms with Crippen LogP contribution in [0.3, 0.4) is 0 Å². The van der Waals surface area contributed by atoms with Gasteiger partial charge in [-0.15, -0.1) is 0 Å². The maximum absolute atomic E-state index is 13.5. The Hall–Kier alpha value is -4.65. The SMILES string of the molecule is O=C1C(=O)N(Cc2ccco2)C(c2cccc(Oc3ccccc3)c2)C1=C(O)c1ccc(F)cc1. The van der Waals surface area contributed by atoms with E-state index in [1.807, 2.05) is 30.3 Å². The summed E-state index contributed by atoms with van der Waals surface area (Å²) in [5.41, 5.74) is 0.696. The Balaban J connectivity index is 1.61. The largest absolute Gasteiger partial charge is 0.507 e. The first-order valence-electron chi connectivity index (χ1n) is 10.9. The van der Waals surface area contributed by atoms with Crippen molar-refractivity contribution in [2.45, 2.75) is 12.6 Å². The van der Waals surface area contributed by atoms with Crippen LogP contribution in [0.25, 0.3) is 5.76 Å². The molecule has 6 nitrogen and oxygen atoms in total. The van der Waals surface area contributed by atoms with Crippen LogP contribution < -0.4 is 4.74 Å². The van der Waals surface area contributed by atoms with Gasteiger partial charge < -0.3 is 19.2 Å². The van der Waals surface area contributed by atoms with Crippen LogP contribution in [-0.4, -0.2) is 21.7 Å². The first-order valence-corrected chi connectivity index (χ1v) is 10.9. The number of amides is 1. The predicted octanol–water partition coefficient (Wildman–Crippen LogP) is 5.83. The number of rotatable bonds is 6. The lowest BCUT2D eigenvalue weighted by Crippen LogP contribution is -2.29. The number of Topliss-reactive ketones (excluding diaryl/α,β-unsaturated/α-hetero) is 1. The summed E-state index contributed by atoms with van der Waals surface area (Å²) in [5, 5.41) is 11.1. The molecule has 2 heterocycles. The fourth-order valence-corrected chi connectivity index (χ4v) is 4.10. The van der Waals surface area contributed by atoms with Gasteiger partial charge in [-0.2, -0.15) is 0 Å². The van der Waals surface area contributed by atoms with Crippen molar-refractivity contribution < 1.29 is 28.2 Å². The van der Waals surface area contributed by atoms with E-state index < -0.39 is 23.5 Å². The molecule has 1 N–H and O–H groups in total. The van der Waals surface area contributed by atoms with Crippen molar-refractivity contribution in [3.05, 3.63) is 126 Å². The molecule has 4 aromatic rings. The monoisotopic (exact) mass is 469 g/mol. The van der Waals surface area contributed by atoms with Crippen LogP contribution in [0.2, 0.25) is 0 Å². The molecule has 0 spiro atoms. The standard InChI is InChI=1S/C28H20FNO5/c29-20-13-11-18(12-14-20)26(31)24-25(30(28(33)27(24)32)17-23-10-5-15-34-23)19-6-4-9-22(16-19)35-21-7-2-1-3-8-21/h1-16,25,31H,17H2. The normalized spacial score (nSPS) is 17.1. The first-order chi connectivity index (χ1) is 17.0. The summed E-state index contributed by atoms with van der Waals surface area (Å²) in [6.07, 6.45) is 1.48. The second-order valence-electron chi connectivity index (χ2n) is 8.00. The number of hydrogen-bond acceptors (Lipinski definition) is 5. The molecular weight excluding hydrogens is 449 g/mol. The number of carbonyl (C=O) groups excluding carboxylic acids is 2. The number of carbonyl (C=O) groups is 2. The molecular formula is C28H20FNO5. The number of ether oxygens (including phenoxy) is 1. The second kappa shape index (κ2) is 9.30. The summed E-state index contributed by atoms with van der Waals surface area (Å²) in [5.74, 6) is -0.871. The molecule has 1 atom stereocenters. The molecule has 1 fully saturated rings. The Morgan fingerprint density at radius 1 is 0.914 bits per heavy atom. The van der Waals surface area contributed by atoms with Crippen molar-refractivity contribution in [2.24, 2.45) is 0 Å². The van der Waals surface area contributed by atoms with E-state index in [0.29, 0.717) is 22.8 Å². The van der Waals surface area contributed by atoms with Gasteiger partial charge >= 0.3 is 0 Å². The van der Waals surface area contributed by atoms with Crippen LogP contribution in [0, 0.1) is 5.82 Å². The minimum atomic E-state index is -0.913. The molecule has 1 aromatic heterocycles. The van der Waals surface area contributed by atoms with Crippen molar-refractivity contribution in [1.29, 1.82) is 0 Å². The number of hydrogen-bond donors (Lipinski definition) is 1. The average Bonchev–Trinajstić information content (AvgIpc) is 3.47. The van der Waals surface area contributed by atoms with Gasteiger partial charge in [-0.1, -0.05) is 30.3 Å². The average molecular weight is 469 g/mol. The lowest BCUT2D eigenvalue weighted by atomic mass is 9.95. The molecule has 174 valence electrons. The lowest BCUT2D eigenvalue weighted by molar-refractivity contribution is -0.140. The molecule has 0 radical (unpaired) electrons. The van der Waals surface area contributed by atoms with E-state index in [1.54, 1.807) is 36.4 Å². The zero-order valence-electron chi connectivity index (χ0n) is 18.4. The minimum Gasteiger partial charge on any atom is -0.507 e. The molecule has 1 unspecified atom stereocenters. The number of aliphatic hydroxyl groups is 1. The van der Waals surface area contributed by atoms with Gasteiger partial charge in [0.25, 0.3) is 11.7 Å².